The van der Waals surface area contributed by atoms with Gasteiger partial charge in [-0.1, -0.05) is 5.16 Å². The van der Waals surface area contributed by atoms with E-state index in [-0.39, 0.29) is 11.5 Å². The number of amides is 1. The highest BCUT2D eigenvalue weighted by molar-refractivity contribution is 6.02. The van der Waals surface area contributed by atoms with Crippen molar-refractivity contribution in [1.29, 1.82) is 0 Å². The van der Waals surface area contributed by atoms with Gasteiger partial charge in [-0.15, -0.1) is 0 Å². The van der Waals surface area contributed by atoms with E-state index < -0.39 is 5.91 Å². The first-order valence-electron chi connectivity index (χ1n) is 9.07. The minimum atomic E-state index is -0.415. The van der Waals surface area contributed by atoms with Crippen LogP contribution in [0.15, 0.2) is 59.6 Å². The highest BCUT2D eigenvalue weighted by Gasteiger charge is 2.29. The van der Waals surface area contributed by atoms with Crippen LogP contribution in [-0.4, -0.2) is 30.6 Å². The molecule has 1 aliphatic rings. The van der Waals surface area contributed by atoms with Gasteiger partial charge in [0.25, 0.3) is 11.8 Å². The Kier molecular flexibility index (Phi) is 4.12. The molecule has 0 atom stereocenters. The summed E-state index contributed by atoms with van der Waals surface area (Å²) in [5, 5.41) is 6.72. The van der Waals surface area contributed by atoms with Crippen LogP contribution < -0.4 is 5.32 Å². The molecule has 3 aromatic heterocycles. The monoisotopic (exact) mass is 390 g/mol. The molecule has 1 fully saturated rings. The van der Waals surface area contributed by atoms with Crippen LogP contribution in [0.2, 0.25) is 0 Å². The van der Waals surface area contributed by atoms with E-state index in [1.807, 2.05) is 6.07 Å². The summed E-state index contributed by atoms with van der Waals surface area (Å²) in [5.74, 6) is 1.19. The fraction of sp³-hybridized carbons (Fsp3) is 0.150. The third kappa shape index (κ3) is 3.49. The van der Waals surface area contributed by atoms with Crippen molar-refractivity contribution in [2.45, 2.75) is 18.8 Å². The zero-order chi connectivity index (χ0) is 19.8. The smallest absolute Gasteiger partial charge is 0.275 e. The number of anilines is 1. The van der Waals surface area contributed by atoms with Crippen molar-refractivity contribution >= 4 is 11.6 Å². The van der Waals surface area contributed by atoms with Gasteiger partial charge < -0.3 is 9.84 Å². The van der Waals surface area contributed by atoms with Crippen LogP contribution in [0.3, 0.4) is 0 Å². The van der Waals surface area contributed by atoms with Gasteiger partial charge in [0.05, 0.1) is 5.56 Å². The van der Waals surface area contributed by atoms with E-state index in [4.69, 9.17) is 4.52 Å². The van der Waals surface area contributed by atoms with Gasteiger partial charge in [0.1, 0.15) is 17.8 Å². The van der Waals surface area contributed by atoms with E-state index in [9.17, 15) is 9.18 Å². The molecule has 0 unspecified atom stereocenters. The van der Waals surface area contributed by atoms with E-state index in [2.05, 4.69) is 25.4 Å². The van der Waals surface area contributed by atoms with E-state index in [0.29, 0.717) is 34.7 Å². The molecule has 0 spiro atoms. The van der Waals surface area contributed by atoms with Gasteiger partial charge in [-0.2, -0.15) is 4.98 Å². The average molecular weight is 390 g/mol. The van der Waals surface area contributed by atoms with Crippen molar-refractivity contribution < 1.29 is 13.7 Å². The second-order valence-electron chi connectivity index (χ2n) is 6.73. The van der Waals surface area contributed by atoms with Gasteiger partial charge in [-0.25, -0.2) is 14.4 Å². The number of benzene rings is 1. The Morgan fingerprint density at radius 2 is 2.00 bits per heavy atom. The molecule has 3 heterocycles. The second kappa shape index (κ2) is 6.93. The van der Waals surface area contributed by atoms with Crippen LogP contribution in [0.1, 0.15) is 35.1 Å². The highest BCUT2D eigenvalue weighted by Crippen LogP contribution is 2.39. The summed E-state index contributed by atoms with van der Waals surface area (Å²) < 4.78 is 20.0. The number of aromatic nitrogens is 5. The molecule has 29 heavy (non-hydrogen) atoms. The number of rotatable bonds is 5. The first-order chi connectivity index (χ1) is 14.2. The van der Waals surface area contributed by atoms with Gasteiger partial charge in [-0.3, -0.25) is 9.36 Å². The lowest BCUT2D eigenvalue weighted by atomic mass is 10.2. The maximum Gasteiger partial charge on any atom is 0.275 e. The van der Waals surface area contributed by atoms with Crippen molar-refractivity contribution in [2.24, 2.45) is 0 Å². The molecule has 0 radical (unpaired) electrons. The lowest BCUT2D eigenvalue weighted by molar-refractivity contribution is 0.102. The Hall–Kier alpha value is -3.88. The number of nitrogens with zero attached hydrogens (tertiary/aromatic N) is 5. The van der Waals surface area contributed by atoms with Gasteiger partial charge in [0, 0.05) is 24.0 Å². The summed E-state index contributed by atoms with van der Waals surface area (Å²) in [7, 11) is 0. The Bertz CT molecular complexity index is 1180. The van der Waals surface area contributed by atoms with Gasteiger partial charge in [-0.05, 0) is 49.2 Å². The fourth-order valence-corrected chi connectivity index (χ4v) is 2.91. The number of hydrogen-bond acceptors (Lipinski definition) is 6. The first-order valence-corrected chi connectivity index (χ1v) is 9.07. The summed E-state index contributed by atoms with van der Waals surface area (Å²) in [6, 6.07) is 9.11. The fourth-order valence-electron chi connectivity index (χ4n) is 2.91. The molecule has 1 amide bonds. The third-order valence-corrected chi connectivity index (χ3v) is 4.56. The Morgan fingerprint density at radius 1 is 1.17 bits per heavy atom. The lowest BCUT2D eigenvalue weighted by Crippen LogP contribution is -2.12. The zero-order valence-electron chi connectivity index (χ0n) is 15.1. The van der Waals surface area contributed by atoms with Gasteiger partial charge in [0.2, 0.25) is 0 Å². The van der Waals surface area contributed by atoms with Crippen LogP contribution in [0.25, 0.3) is 17.3 Å². The molecule has 1 N–H and O–H groups in total. The summed E-state index contributed by atoms with van der Waals surface area (Å²) in [4.78, 5) is 25.5. The number of pyridine rings is 1. The summed E-state index contributed by atoms with van der Waals surface area (Å²) in [6.07, 6.45) is 6.83. The molecule has 1 aliphatic carbocycles. The molecule has 4 aromatic rings. The number of imidazole rings is 1. The number of carbonyl (C=O) groups is 1. The third-order valence-electron chi connectivity index (χ3n) is 4.56. The van der Waals surface area contributed by atoms with Crippen LogP contribution in [-0.2, 0) is 0 Å². The molecular formula is C20H15FN6O2. The predicted octanol–water partition coefficient (Wildman–Crippen LogP) is 3.59. The van der Waals surface area contributed by atoms with Crippen LogP contribution in [0.4, 0.5) is 10.1 Å². The van der Waals surface area contributed by atoms with Crippen LogP contribution in [0.5, 0.6) is 0 Å². The minimum Gasteiger partial charge on any atom is -0.334 e. The van der Waals surface area contributed by atoms with Crippen molar-refractivity contribution in [1.82, 2.24) is 24.7 Å². The van der Waals surface area contributed by atoms with Crippen LogP contribution >= 0.6 is 0 Å². The number of carbonyl (C=O) groups excluding carboxylic acids is 1. The van der Waals surface area contributed by atoms with E-state index >= 15 is 0 Å². The zero-order valence-corrected chi connectivity index (χ0v) is 15.1. The molecule has 1 saturated carbocycles. The van der Waals surface area contributed by atoms with Crippen molar-refractivity contribution in [3.8, 4) is 17.3 Å². The van der Waals surface area contributed by atoms with Crippen molar-refractivity contribution in [3.05, 3.63) is 72.5 Å². The number of nitrogens with one attached hydrogen (secondary N) is 1. The largest absolute Gasteiger partial charge is 0.334 e. The molecule has 0 aliphatic heterocycles. The maximum absolute atomic E-state index is 13.0. The topological polar surface area (TPSA) is 98.7 Å². The molecule has 144 valence electrons. The molecule has 0 bridgehead atoms. The van der Waals surface area contributed by atoms with Gasteiger partial charge >= 0.3 is 0 Å². The van der Waals surface area contributed by atoms with E-state index in [1.165, 1.54) is 30.6 Å². The van der Waals surface area contributed by atoms with Crippen molar-refractivity contribution in [2.75, 3.05) is 5.32 Å². The molecule has 8 nitrogen and oxygen atoms in total. The molecule has 9 heteroatoms. The summed E-state index contributed by atoms with van der Waals surface area (Å²) in [6.45, 7) is 0. The van der Waals surface area contributed by atoms with Gasteiger partial charge in [0.15, 0.2) is 11.6 Å². The SMILES string of the molecule is O=C(Nc1ccc(F)cc1)c1cn(-c2ncccc2-c2nc(C3CC3)no2)cn1. The minimum absolute atomic E-state index is 0.190. The first kappa shape index (κ1) is 17.2. The second-order valence-corrected chi connectivity index (χ2v) is 6.73. The summed E-state index contributed by atoms with van der Waals surface area (Å²) >= 11 is 0. The standard InChI is InChI=1S/C20H15FN6O2/c21-13-5-7-14(8-6-13)24-19(28)16-10-27(11-23-16)18-15(2-1-9-22-18)20-25-17(26-29-20)12-3-4-12/h1-2,5-12H,3-4H2,(H,24,28). The van der Waals surface area contributed by atoms with E-state index in [1.54, 1.807) is 23.0 Å². The predicted molar refractivity (Wildman–Crippen MR) is 101 cm³/mol. The number of hydrogen-bond donors (Lipinski definition) is 1. The number of halogens is 1. The molecule has 5 rings (SSSR count). The van der Waals surface area contributed by atoms with E-state index in [0.717, 1.165) is 12.8 Å². The highest BCUT2D eigenvalue weighted by atomic mass is 19.1. The normalized spacial score (nSPS) is 13.4. The Morgan fingerprint density at radius 3 is 2.79 bits per heavy atom. The summed E-state index contributed by atoms with van der Waals surface area (Å²) in [5.41, 5.74) is 1.31. The average Bonchev–Trinajstić information content (AvgIpc) is 3.27. The maximum atomic E-state index is 13.0. The van der Waals surface area contributed by atoms with Crippen LogP contribution in [0, 0.1) is 5.82 Å². The quantitative estimate of drug-likeness (QED) is 0.559. The molecular weight excluding hydrogens is 375 g/mol. The molecule has 1 aromatic carbocycles. The lowest BCUT2D eigenvalue weighted by Gasteiger charge is -2.05. The Labute approximate surface area is 164 Å². The van der Waals surface area contributed by atoms with Crippen molar-refractivity contribution in [3.63, 3.8) is 0 Å². The molecule has 0 saturated heterocycles. The Balaban J connectivity index is 1.41.